The molecule has 1 saturated carbocycles. The van der Waals surface area contributed by atoms with E-state index in [9.17, 15) is 4.79 Å². The van der Waals surface area contributed by atoms with Crippen molar-refractivity contribution in [1.82, 2.24) is 0 Å². The summed E-state index contributed by atoms with van der Waals surface area (Å²) in [5.41, 5.74) is 0.745. The van der Waals surface area contributed by atoms with Crippen LogP contribution in [0.3, 0.4) is 0 Å². The first-order chi connectivity index (χ1) is 9.60. The molecule has 0 aromatic heterocycles. The maximum atomic E-state index is 10.6. The van der Waals surface area contributed by atoms with E-state index in [1.807, 2.05) is 6.07 Å². The minimum atomic E-state index is -0.980. The van der Waals surface area contributed by atoms with Crippen LogP contribution in [0.15, 0.2) is 22.7 Å². The Morgan fingerprint density at radius 2 is 2.10 bits per heavy atom. The number of benzene rings is 1. The molecule has 1 aromatic rings. The van der Waals surface area contributed by atoms with Crippen molar-refractivity contribution in [2.45, 2.75) is 31.8 Å². The highest BCUT2D eigenvalue weighted by atomic mass is 79.9. The van der Waals surface area contributed by atoms with E-state index >= 15 is 0 Å². The second-order valence-corrected chi connectivity index (χ2v) is 5.58. The Hall–Kier alpha value is -1.49. The molecule has 5 heteroatoms. The van der Waals surface area contributed by atoms with Gasteiger partial charge in [0, 0.05) is 6.08 Å². The number of carboxylic acids is 1. The van der Waals surface area contributed by atoms with Gasteiger partial charge in [-0.05, 0) is 65.4 Å². The molecular weight excluding hydrogens is 324 g/mol. The Labute approximate surface area is 126 Å². The van der Waals surface area contributed by atoms with Crippen LogP contribution in [0.1, 0.15) is 31.2 Å². The molecule has 0 unspecified atom stereocenters. The lowest BCUT2D eigenvalue weighted by atomic mass is 10.2. The van der Waals surface area contributed by atoms with E-state index in [4.69, 9.17) is 14.6 Å². The lowest BCUT2D eigenvalue weighted by Gasteiger charge is -2.17. The van der Waals surface area contributed by atoms with Crippen LogP contribution in [0.25, 0.3) is 6.08 Å². The third kappa shape index (κ3) is 3.76. The van der Waals surface area contributed by atoms with Crippen molar-refractivity contribution in [3.8, 4) is 11.5 Å². The SMILES string of the molecule is COc1cc(/C=C/C(=O)O)cc(Br)c1OC1CCCC1. The standard InChI is InChI=1S/C15H17BrO4/c1-19-13-9-10(6-7-14(17)18)8-12(16)15(13)20-11-4-2-3-5-11/h6-9,11H,2-5H2,1H3,(H,17,18)/b7-6+. The number of hydrogen-bond donors (Lipinski definition) is 1. The van der Waals surface area contributed by atoms with Crippen LogP contribution in [0.5, 0.6) is 11.5 Å². The van der Waals surface area contributed by atoms with Crippen molar-refractivity contribution in [2.75, 3.05) is 7.11 Å². The number of hydrogen-bond acceptors (Lipinski definition) is 3. The van der Waals surface area contributed by atoms with Gasteiger partial charge >= 0.3 is 5.97 Å². The molecule has 0 aliphatic heterocycles. The van der Waals surface area contributed by atoms with Gasteiger partial charge in [-0.25, -0.2) is 4.79 Å². The minimum Gasteiger partial charge on any atom is -0.493 e. The molecular formula is C15H17BrO4. The molecule has 0 radical (unpaired) electrons. The highest BCUT2D eigenvalue weighted by Gasteiger charge is 2.20. The Balaban J connectivity index is 2.25. The highest BCUT2D eigenvalue weighted by molar-refractivity contribution is 9.10. The minimum absolute atomic E-state index is 0.237. The number of methoxy groups -OCH3 is 1. The lowest BCUT2D eigenvalue weighted by molar-refractivity contribution is -0.131. The van der Waals surface area contributed by atoms with E-state index in [0.717, 1.165) is 29.0 Å². The first-order valence-corrected chi connectivity index (χ1v) is 7.34. The largest absolute Gasteiger partial charge is 0.493 e. The van der Waals surface area contributed by atoms with Gasteiger partial charge in [0.05, 0.1) is 17.7 Å². The van der Waals surface area contributed by atoms with E-state index in [-0.39, 0.29) is 6.10 Å². The van der Waals surface area contributed by atoms with Gasteiger partial charge in [-0.15, -0.1) is 0 Å². The second kappa shape index (κ2) is 6.79. The van der Waals surface area contributed by atoms with Gasteiger partial charge < -0.3 is 14.6 Å². The van der Waals surface area contributed by atoms with Crippen LogP contribution in [0.2, 0.25) is 0 Å². The normalized spacial score (nSPS) is 15.7. The first kappa shape index (κ1) is 14.9. The molecule has 0 spiro atoms. The maximum Gasteiger partial charge on any atom is 0.328 e. The molecule has 2 rings (SSSR count). The molecule has 0 atom stereocenters. The zero-order valence-corrected chi connectivity index (χ0v) is 12.9. The molecule has 0 bridgehead atoms. The predicted molar refractivity (Wildman–Crippen MR) is 80.2 cm³/mol. The van der Waals surface area contributed by atoms with Crippen molar-refractivity contribution in [2.24, 2.45) is 0 Å². The summed E-state index contributed by atoms with van der Waals surface area (Å²) < 4.78 is 12.1. The van der Waals surface area contributed by atoms with Gasteiger partial charge in [0.15, 0.2) is 11.5 Å². The van der Waals surface area contributed by atoms with Gasteiger partial charge in [-0.3, -0.25) is 0 Å². The lowest BCUT2D eigenvalue weighted by Crippen LogP contribution is -2.12. The van der Waals surface area contributed by atoms with Crippen molar-refractivity contribution < 1.29 is 19.4 Å². The smallest absolute Gasteiger partial charge is 0.328 e. The molecule has 0 heterocycles. The fraction of sp³-hybridized carbons (Fsp3) is 0.400. The molecule has 1 fully saturated rings. The van der Waals surface area contributed by atoms with Crippen molar-refractivity contribution in [1.29, 1.82) is 0 Å². The monoisotopic (exact) mass is 340 g/mol. The zero-order chi connectivity index (χ0) is 14.5. The quantitative estimate of drug-likeness (QED) is 0.826. The molecule has 108 valence electrons. The van der Waals surface area contributed by atoms with E-state index < -0.39 is 5.97 Å². The number of carboxylic acid groups (broad SMARTS) is 1. The van der Waals surface area contributed by atoms with Crippen LogP contribution in [-0.4, -0.2) is 24.3 Å². The molecule has 4 nitrogen and oxygen atoms in total. The molecule has 1 aliphatic carbocycles. The van der Waals surface area contributed by atoms with Crippen molar-refractivity contribution >= 4 is 28.0 Å². The first-order valence-electron chi connectivity index (χ1n) is 6.55. The zero-order valence-electron chi connectivity index (χ0n) is 11.3. The summed E-state index contributed by atoms with van der Waals surface area (Å²) in [6, 6.07) is 3.60. The van der Waals surface area contributed by atoms with Gasteiger partial charge in [0.2, 0.25) is 0 Å². The van der Waals surface area contributed by atoms with Crippen molar-refractivity contribution in [3.63, 3.8) is 0 Å². The molecule has 0 saturated heterocycles. The van der Waals surface area contributed by atoms with E-state index in [0.29, 0.717) is 11.5 Å². The van der Waals surface area contributed by atoms with Gasteiger partial charge in [0.25, 0.3) is 0 Å². The number of ether oxygens (including phenoxy) is 2. The number of halogens is 1. The summed E-state index contributed by atoms with van der Waals surface area (Å²) in [6.07, 6.45) is 7.38. The predicted octanol–water partition coefficient (Wildman–Crippen LogP) is 3.88. The summed E-state index contributed by atoms with van der Waals surface area (Å²) in [5, 5.41) is 8.66. The molecule has 20 heavy (non-hydrogen) atoms. The van der Waals surface area contributed by atoms with E-state index in [1.165, 1.54) is 18.9 Å². The Morgan fingerprint density at radius 1 is 1.40 bits per heavy atom. The Bertz CT molecular complexity index is 519. The molecule has 1 N–H and O–H groups in total. The van der Waals surface area contributed by atoms with E-state index in [1.54, 1.807) is 13.2 Å². The summed E-state index contributed by atoms with van der Waals surface area (Å²) in [7, 11) is 1.58. The maximum absolute atomic E-state index is 10.6. The van der Waals surface area contributed by atoms with Gasteiger partial charge in [-0.2, -0.15) is 0 Å². The summed E-state index contributed by atoms with van der Waals surface area (Å²) in [4.78, 5) is 10.6. The third-order valence-electron chi connectivity index (χ3n) is 3.26. The number of carbonyl (C=O) groups is 1. The number of rotatable bonds is 5. The van der Waals surface area contributed by atoms with Crippen molar-refractivity contribution in [3.05, 3.63) is 28.2 Å². The summed E-state index contributed by atoms with van der Waals surface area (Å²) in [5.74, 6) is 0.314. The van der Waals surface area contributed by atoms with Crippen LogP contribution >= 0.6 is 15.9 Å². The van der Waals surface area contributed by atoms with Crippen LogP contribution in [0.4, 0.5) is 0 Å². The molecule has 0 amide bonds. The van der Waals surface area contributed by atoms with Gasteiger partial charge in [0.1, 0.15) is 0 Å². The summed E-state index contributed by atoms with van der Waals surface area (Å²) >= 11 is 3.47. The average molecular weight is 341 g/mol. The van der Waals surface area contributed by atoms with Crippen LogP contribution < -0.4 is 9.47 Å². The molecule has 1 aromatic carbocycles. The third-order valence-corrected chi connectivity index (χ3v) is 3.85. The fourth-order valence-electron chi connectivity index (χ4n) is 2.29. The van der Waals surface area contributed by atoms with Gasteiger partial charge in [-0.1, -0.05) is 0 Å². The topological polar surface area (TPSA) is 55.8 Å². The van der Waals surface area contributed by atoms with E-state index in [2.05, 4.69) is 15.9 Å². The number of aliphatic carboxylic acids is 1. The summed E-state index contributed by atoms with van der Waals surface area (Å²) in [6.45, 7) is 0. The molecule has 1 aliphatic rings. The van der Waals surface area contributed by atoms with Crippen LogP contribution in [-0.2, 0) is 4.79 Å². The highest BCUT2D eigenvalue weighted by Crippen LogP contribution is 2.39. The average Bonchev–Trinajstić information content (AvgIpc) is 2.91. The Morgan fingerprint density at radius 3 is 2.70 bits per heavy atom. The second-order valence-electron chi connectivity index (χ2n) is 4.73. The Kier molecular flexibility index (Phi) is 5.06. The van der Waals surface area contributed by atoms with Crippen LogP contribution in [0, 0.1) is 0 Å². The fourth-order valence-corrected chi connectivity index (χ4v) is 2.84.